The summed E-state index contributed by atoms with van der Waals surface area (Å²) in [5.74, 6) is 0.198. The summed E-state index contributed by atoms with van der Waals surface area (Å²) in [5.41, 5.74) is 0.652. The minimum atomic E-state index is -3.83. The first kappa shape index (κ1) is 16.1. The molecule has 0 unspecified atom stereocenters. The number of aliphatic hydroxyl groups is 1. The van der Waals surface area contributed by atoms with Crippen LogP contribution in [0.5, 0.6) is 0 Å². The molecule has 1 aromatic carbocycles. The van der Waals surface area contributed by atoms with Gasteiger partial charge in [0.05, 0.1) is 12.1 Å². The van der Waals surface area contributed by atoms with Crippen molar-refractivity contribution in [3.63, 3.8) is 0 Å². The molecular formula is C15H18FN3O3S. The average molecular weight is 339 g/mol. The summed E-state index contributed by atoms with van der Waals surface area (Å²) in [5, 5.41) is 9.91. The molecule has 8 heteroatoms. The number of hydrogen-bond acceptors (Lipinski definition) is 4. The SMILES string of the molecule is Cc1nc(S(=O)(=O)N2C[C@@H](O)C[C@H]2c2ccc(F)cc2)cn1C. The maximum Gasteiger partial charge on any atom is 0.262 e. The van der Waals surface area contributed by atoms with Gasteiger partial charge in [-0.15, -0.1) is 0 Å². The van der Waals surface area contributed by atoms with Gasteiger partial charge in [0.2, 0.25) is 0 Å². The molecule has 1 fully saturated rings. The molecule has 0 amide bonds. The molecular weight excluding hydrogens is 321 g/mol. The van der Waals surface area contributed by atoms with Crippen molar-refractivity contribution in [3.05, 3.63) is 47.7 Å². The summed E-state index contributed by atoms with van der Waals surface area (Å²) >= 11 is 0. The highest BCUT2D eigenvalue weighted by atomic mass is 32.2. The van der Waals surface area contributed by atoms with Crippen LogP contribution in [0.3, 0.4) is 0 Å². The molecule has 0 saturated carbocycles. The van der Waals surface area contributed by atoms with E-state index in [1.807, 2.05) is 0 Å². The Morgan fingerprint density at radius 1 is 1.30 bits per heavy atom. The van der Waals surface area contributed by atoms with Gasteiger partial charge in [0, 0.05) is 19.8 Å². The van der Waals surface area contributed by atoms with Crippen LogP contribution in [-0.4, -0.2) is 40.0 Å². The molecule has 1 aliphatic heterocycles. The predicted molar refractivity (Wildman–Crippen MR) is 81.6 cm³/mol. The number of sulfonamides is 1. The van der Waals surface area contributed by atoms with E-state index < -0.39 is 22.2 Å². The number of nitrogens with zero attached hydrogens (tertiary/aromatic N) is 3. The molecule has 1 aromatic heterocycles. The normalized spacial score (nSPS) is 22.6. The van der Waals surface area contributed by atoms with Crippen LogP contribution in [0.1, 0.15) is 23.9 Å². The molecule has 1 aliphatic rings. The van der Waals surface area contributed by atoms with Crippen molar-refractivity contribution >= 4 is 10.0 Å². The maximum atomic E-state index is 13.1. The van der Waals surface area contributed by atoms with Gasteiger partial charge in [0.25, 0.3) is 10.0 Å². The van der Waals surface area contributed by atoms with Crippen molar-refractivity contribution in [2.75, 3.05) is 6.54 Å². The molecule has 2 atom stereocenters. The van der Waals surface area contributed by atoms with Gasteiger partial charge in [0.15, 0.2) is 5.03 Å². The van der Waals surface area contributed by atoms with Crippen LogP contribution in [-0.2, 0) is 17.1 Å². The molecule has 23 heavy (non-hydrogen) atoms. The van der Waals surface area contributed by atoms with E-state index in [0.29, 0.717) is 11.4 Å². The summed E-state index contributed by atoms with van der Waals surface area (Å²) in [6.45, 7) is 1.72. The molecule has 0 radical (unpaired) electrons. The zero-order valence-electron chi connectivity index (χ0n) is 12.8. The molecule has 0 bridgehead atoms. The van der Waals surface area contributed by atoms with Gasteiger partial charge in [-0.05, 0) is 31.0 Å². The molecule has 0 spiro atoms. The van der Waals surface area contributed by atoms with Crippen LogP contribution >= 0.6 is 0 Å². The topological polar surface area (TPSA) is 75.4 Å². The first-order valence-corrected chi connectivity index (χ1v) is 8.68. The van der Waals surface area contributed by atoms with E-state index in [-0.39, 0.29) is 23.8 Å². The number of β-amino-alcohol motifs (C(OH)–C–C–N with tert-alkyl or cyclic N) is 1. The molecule has 3 rings (SSSR count). The average Bonchev–Trinajstić information content (AvgIpc) is 3.04. The second-order valence-corrected chi connectivity index (χ2v) is 7.61. The third-order valence-corrected chi connectivity index (χ3v) is 5.89. The highest BCUT2D eigenvalue weighted by molar-refractivity contribution is 7.89. The smallest absolute Gasteiger partial charge is 0.262 e. The third kappa shape index (κ3) is 2.89. The Morgan fingerprint density at radius 3 is 2.52 bits per heavy atom. The fourth-order valence-electron chi connectivity index (χ4n) is 2.81. The molecule has 2 aromatic rings. The van der Waals surface area contributed by atoms with Gasteiger partial charge in [-0.3, -0.25) is 0 Å². The zero-order valence-corrected chi connectivity index (χ0v) is 13.7. The second-order valence-electron chi connectivity index (χ2n) is 5.77. The lowest BCUT2D eigenvalue weighted by atomic mass is 10.0. The van der Waals surface area contributed by atoms with Crippen LogP contribution < -0.4 is 0 Å². The van der Waals surface area contributed by atoms with E-state index in [0.717, 1.165) is 0 Å². The number of benzene rings is 1. The lowest BCUT2D eigenvalue weighted by molar-refractivity contribution is 0.188. The lowest BCUT2D eigenvalue weighted by Crippen LogP contribution is -2.32. The summed E-state index contributed by atoms with van der Waals surface area (Å²) in [4.78, 5) is 4.09. The summed E-state index contributed by atoms with van der Waals surface area (Å²) in [7, 11) is -2.11. The molecule has 124 valence electrons. The van der Waals surface area contributed by atoms with Crippen LogP contribution in [0, 0.1) is 12.7 Å². The van der Waals surface area contributed by atoms with Gasteiger partial charge in [-0.25, -0.2) is 17.8 Å². The molecule has 0 aliphatic carbocycles. The van der Waals surface area contributed by atoms with E-state index in [2.05, 4.69) is 4.98 Å². The summed E-state index contributed by atoms with van der Waals surface area (Å²) in [6, 6.07) is 5.14. The van der Waals surface area contributed by atoms with Crippen molar-refractivity contribution in [3.8, 4) is 0 Å². The van der Waals surface area contributed by atoms with Crippen LogP contribution in [0.2, 0.25) is 0 Å². The van der Waals surface area contributed by atoms with E-state index >= 15 is 0 Å². The summed E-state index contributed by atoms with van der Waals surface area (Å²) in [6.07, 6.45) is 0.970. The van der Waals surface area contributed by atoms with Gasteiger partial charge < -0.3 is 9.67 Å². The van der Waals surface area contributed by atoms with E-state index in [1.54, 1.807) is 30.7 Å². The molecule has 1 N–H and O–H groups in total. The van der Waals surface area contributed by atoms with Gasteiger partial charge in [0.1, 0.15) is 11.6 Å². The third-order valence-electron chi connectivity index (χ3n) is 4.15. The number of imidazole rings is 1. The van der Waals surface area contributed by atoms with E-state index in [4.69, 9.17) is 0 Å². The first-order valence-electron chi connectivity index (χ1n) is 7.24. The maximum absolute atomic E-state index is 13.1. The standard InChI is InChI=1S/C15H18FN3O3S/c1-10-17-15(9-18(10)2)23(21,22)19-8-13(20)7-14(19)11-3-5-12(16)6-4-11/h3-6,9,13-14,20H,7-8H2,1-2H3/t13-,14-/m0/s1. The molecule has 6 nitrogen and oxygen atoms in total. The Hall–Kier alpha value is -1.77. The Bertz CT molecular complexity index is 797. The Morgan fingerprint density at radius 2 is 1.96 bits per heavy atom. The minimum Gasteiger partial charge on any atom is -0.392 e. The monoisotopic (exact) mass is 339 g/mol. The number of aromatic nitrogens is 2. The fraction of sp³-hybridized carbons (Fsp3) is 0.400. The second kappa shape index (κ2) is 5.70. The van der Waals surface area contributed by atoms with Crippen molar-refractivity contribution in [1.82, 2.24) is 13.9 Å². The largest absolute Gasteiger partial charge is 0.392 e. The van der Waals surface area contributed by atoms with Crippen LogP contribution in [0.25, 0.3) is 0 Å². The number of hydrogen-bond donors (Lipinski definition) is 1. The highest BCUT2D eigenvalue weighted by Gasteiger charge is 2.41. The van der Waals surface area contributed by atoms with Crippen molar-refractivity contribution in [1.29, 1.82) is 0 Å². The summed E-state index contributed by atoms with van der Waals surface area (Å²) < 4.78 is 41.7. The van der Waals surface area contributed by atoms with Crippen molar-refractivity contribution in [2.45, 2.75) is 30.5 Å². The van der Waals surface area contributed by atoms with Crippen LogP contribution in [0.15, 0.2) is 35.5 Å². The lowest BCUT2D eigenvalue weighted by Gasteiger charge is -2.23. The minimum absolute atomic E-state index is 0.00000165. The predicted octanol–water partition coefficient (Wildman–Crippen LogP) is 1.36. The van der Waals surface area contributed by atoms with Crippen LogP contribution in [0.4, 0.5) is 4.39 Å². The van der Waals surface area contributed by atoms with Crippen molar-refractivity contribution < 1.29 is 17.9 Å². The van der Waals surface area contributed by atoms with Gasteiger partial charge in [-0.2, -0.15) is 4.31 Å². The van der Waals surface area contributed by atoms with Crippen molar-refractivity contribution in [2.24, 2.45) is 7.05 Å². The van der Waals surface area contributed by atoms with E-state index in [1.165, 1.54) is 22.6 Å². The fourth-order valence-corrected chi connectivity index (χ4v) is 4.50. The quantitative estimate of drug-likeness (QED) is 0.916. The molecule has 2 heterocycles. The van der Waals surface area contributed by atoms with E-state index in [9.17, 15) is 17.9 Å². The Balaban J connectivity index is 2.00. The number of halogens is 1. The van der Waals surface area contributed by atoms with Gasteiger partial charge >= 0.3 is 0 Å². The highest BCUT2D eigenvalue weighted by Crippen LogP contribution is 2.36. The number of rotatable bonds is 3. The Labute approximate surface area is 134 Å². The zero-order chi connectivity index (χ0) is 16.8. The Kier molecular flexibility index (Phi) is 3.99. The number of aryl methyl sites for hydroxylation is 2. The first-order chi connectivity index (χ1) is 10.8. The number of aliphatic hydroxyl groups excluding tert-OH is 1. The van der Waals surface area contributed by atoms with Gasteiger partial charge in [-0.1, -0.05) is 12.1 Å². The molecule has 1 saturated heterocycles.